The maximum absolute atomic E-state index is 13.1. The topological polar surface area (TPSA) is 113 Å². The van der Waals surface area contributed by atoms with Gasteiger partial charge in [-0.1, -0.05) is 18.2 Å². The zero-order valence-electron chi connectivity index (χ0n) is 16.4. The van der Waals surface area contributed by atoms with E-state index in [9.17, 15) is 14.2 Å². The number of carbonyl (C=O) groups is 2. The SMILES string of the molecule is CC(C=O)NP(=O)(OCC1CCC(OC(=O)c2cccnc2)O1)Oc1ccccc1. The predicted octanol–water partition coefficient (Wildman–Crippen LogP) is 3.12. The number of hydrogen-bond donors (Lipinski definition) is 1. The van der Waals surface area contributed by atoms with Gasteiger partial charge in [0.2, 0.25) is 6.29 Å². The van der Waals surface area contributed by atoms with Gasteiger partial charge in [-0.25, -0.2) is 14.4 Å². The molecule has 1 aromatic heterocycles. The molecule has 1 aliphatic rings. The predicted molar refractivity (Wildman–Crippen MR) is 107 cm³/mol. The second kappa shape index (κ2) is 10.4. The van der Waals surface area contributed by atoms with Gasteiger partial charge in [0, 0.05) is 18.8 Å². The molecule has 0 spiro atoms. The molecule has 1 N–H and O–H groups in total. The number of esters is 1. The standard InChI is InChI=1S/C20H23N2O7P/c1-15(13-23)22-30(25,29-17-7-3-2-4-8-17)26-14-18-9-10-19(27-18)28-20(24)16-6-5-11-21-12-16/h2-8,11-13,15,18-19H,9-10,14H2,1H3,(H,22,25). The summed E-state index contributed by atoms with van der Waals surface area (Å²) in [5.74, 6) is -0.198. The van der Waals surface area contributed by atoms with Crippen LogP contribution in [0, 0.1) is 0 Å². The molecule has 1 fully saturated rings. The fourth-order valence-electron chi connectivity index (χ4n) is 2.72. The molecule has 2 heterocycles. The summed E-state index contributed by atoms with van der Waals surface area (Å²) in [4.78, 5) is 27.0. The van der Waals surface area contributed by atoms with Crippen molar-refractivity contribution in [1.82, 2.24) is 10.1 Å². The van der Waals surface area contributed by atoms with Crippen molar-refractivity contribution in [1.29, 1.82) is 0 Å². The Morgan fingerprint density at radius 2 is 2.10 bits per heavy atom. The Bertz CT molecular complexity index is 881. The van der Waals surface area contributed by atoms with Crippen LogP contribution in [0.15, 0.2) is 54.9 Å². The zero-order chi connectivity index (χ0) is 21.4. The Balaban J connectivity index is 1.54. The first kappa shape index (κ1) is 22.1. The van der Waals surface area contributed by atoms with Crippen LogP contribution in [0.2, 0.25) is 0 Å². The van der Waals surface area contributed by atoms with E-state index in [0.717, 1.165) is 0 Å². The molecule has 0 radical (unpaired) electrons. The van der Waals surface area contributed by atoms with Crippen molar-refractivity contribution < 1.29 is 32.7 Å². The Hall–Kier alpha value is -2.58. The van der Waals surface area contributed by atoms with Crippen molar-refractivity contribution in [2.75, 3.05) is 6.61 Å². The summed E-state index contributed by atoms with van der Waals surface area (Å²) in [7, 11) is -3.84. The van der Waals surface area contributed by atoms with Crippen LogP contribution in [0.3, 0.4) is 0 Å². The molecule has 2 aromatic rings. The number of hydrogen-bond acceptors (Lipinski definition) is 8. The van der Waals surface area contributed by atoms with Gasteiger partial charge in [-0.05, 0) is 37.6 Å². The molecule has 3 rings (SSSR count). The van der Waals surface area contributed by atoms with Gasteiger partial charge in [-0.15, -0.1) is 0 Å². The normalized spacial score (nSPS) is 21.4. The molecular weight excluding hydrogens is 411 g/mol. The van der Waals surface area contributed by atoms with Crippen LogP contribution in [0.25, 0.3) is 0 Å². The van der Waals surface area contributed by atoms with Gasteiger partial charge < -0.3 is 18.8 Å². The molecule has 0 saturated carbocycles. The van der Waals surface area contributed by atoms with Crippen molar-refractivity contribution in [3.63, 3.8) is 0 Å². The van der Waals surface area contributed by atoms with Crippen molar-refractivity contribution in [2.24, 2.45) is 0 Å². The first-order valence-electron chi connectivity index (χ1n) is 9.46. The van der Waals surface area contributed by atoms with E-state index in [-0.39, 0.29) is 6.61 Å². The molecule has 1 saturated heterocycles. The lowest BCUT2D eigenvalue weighted by Crippen LogP contribution is -2.29. The number of ether oxygens (including phenoxy) is 2. The third-order valence-corrected chi connectivity index (χ3v) is 5.83. The number of nitrogens with one attached hydrogen (secondary N) is 1. The fraction of sp³-hybridized carbons (Fsp3) is 0.350. The third-order valence-electron chi connectivity index (χ3n) is 4.17. The first-order chi connectivity index (χ1) is 14.5. The van der Waals surface area contributed by atoms with E-state index >= 15 is 0 Å². The number of rotatable bonds is 10. The molecule has 4 atom stereocenters. The highest BCUT2D eigenvalue weighted by Crippen LogP contribution is 2.45. The number of aromatic nitrogens is 1. The zero-order valence-corrected chi connectivity index (χ0v) is 17.3. The number of benzene rings is 1. The molecule has 4 unspecified atom stereocenters. The Labute approximate surface area is 174 Å². The molecule has 0 bridgehead atoms. The number of nitrogens with zero attached hydrogens (tertiary/aromatic N) is 1. The minimum Gasteiger partial charge on any atom is -0.432 e. The van der Waals surface area contributed by atoms with Gasteiger partial charge in [0.15, 0.2) is 0 Å². The lowest BCUT2D eigenvalue weighted by atomic mass is 10.2. The molecule has 30 heavy (non-hydrogen) atoms. The van der Waals surface area contributed by atoms with Gasteiger partial charge in [0.25, 0.3) is 0 Å². The van der Waals surface area contributed by atoms with E-state index in [0.29, 0.717) is 30.4 Å². The fourth-order valence-corrected chi connectivity index (χ4v) is 4.23. The summed E-state index contributed by atoms with van der Waals surface area (Å²) in [6, 6.07) is 11.0. The van der Waals surface area contributed by atoms with Gasteiger partial charge >= 0.3 is 13.7 Å². The minimum atomic E-state index is -3.84. The smallest absolute Gasteiger partial charge is 0.432 e. The molecule has 1 aliphatic heterocycles. The third kappa shape index (κ3) is 6.47. The Morgan fingerprint density at radius 3 is 2.80 bits per heavy atom. The van der Waals surface area contributed by atoms with Crippen molar-refractivity contribution in [3.05, 3.63) is 60.4 Å². The molecule has 0 aliphatic carbocycles. The van der Waals surface area contributed by atoms with Crippen molar-refractivity contribution >= 4 is 20.0 Å². The molecule has 1 aromatic carbocycles. The Morgan fingerprint density at radius 1 is 1.30 bits per heavy atom. The summed E-state index contributed by atoms with van der Waals surface area (Å²) in [6.45, 7) is 1.47. The Kier molecular flexibility index (Phi) is 7.70. The summed E-state index contributed by atoms with van der Waals surface area (Å²) >= 11 is 0. The van der Waals surface area contributed by atoms with Crippen LogP contribution in [0.5, 0.6) is 5.75 Å². The monoisotopic (exact) mass is 434 g/mol. The van der Waals surface area contributed by atoms with E-state index in [1.807, 2.05) is 0 Å². The van der Waals surface area contributed by atoms with Crippen LogP contribution < -0.4 is 9.61 Å². The number of para-hydroxylation sites is 1. The van der Waals surface area contributed by atoms with Gasteiger partial charge in [-0.2, -0.15) is 0 Å². The molecule has 0 amide bonds. The second-order valence-corrected chi connectivity index (χ2v) is 8.36. The van der Waals surface area contributed by atoms with E-state index in [4.69, 9.17) is 18.5 Å². The van der Waals surface area contributed by atoms with Crippen LogP contribution in [-0.2, 0) is 23.4 Å². The highest BCUT2D eigenvalue weighted by Gasteiger charge is 2.34. The summed E-state index contributed by atoms with van der Waals surface area (Å²) < 4.78 is 35.1. The maximum atomic E-state index is 13.1. The minimum absolute atomic E-state index is 0.0658. The second-order valence-electron chi connectivity index (χ2n) is 6.66. The highest BCUT2D eigenvalue weighted by molar-refractivity contribution is 7.52. The van der Waals surface area contributed by atoms with Crippen LogP contribution in [0.1, 0.15) is 30.1 Å². The molecule has 9 nitrogen and oxygen atoms in total. The van der Waals surface area contributed by atoms with E-state index in [2.05, 4.69) is 10.1 Å². The van der Waals surface area contributed by atoms with E-state index < -0.39 is 32.2 Å². The molecule has 160 valence electrons. The molecular formula is C20H23N2O7P. The number of pyridine rings is 1. The van der Waals surface area contributed by atoms with Gasteiger partial charge in [-0.3, -0.25) is 9.51 Å². The first-order valence-corrected chi connectivity index (χ1v) is 11.0. The average molecular weight is 434 g/mol. The van der Waals surface area contributed by atoms with Crippen molar-refractivity contribution in [3.8, 4) is 5.75 Å². The van der Waals surface area contributed by atoms with Gasteiger partial charge in [0.05, 0.1) is 24.3 Å². The van der Waals surface area contributed by atoms with Crippen LogP contribution in [-0.4, -0.2) is 42.3 Å². The van der Waals surface area contributed by atoms with Crippen LogP contribution in [0.4, 0.5) is 0 Å². The summed E-state index contributed by atoms with van der Waals surface area (Å²) in [5.41, 5.74) is 0.327. The number of carbonyl (C=O) groups excluding carboxylic acids is 2. The lowest BCUT2D eigenvalue weighted by molar-refractivity contribution is -0.109. The van der Waals surface area contributed by atoms with Crippen molar-refractivity contribution in [2.45, 2.75) is 38.2 Å². The number of aldehydes is 1. The van der Waals surface area contributed by atoms with Crippen LogP contribution >= 0.6 is 7.75 Å². The van der Waals surface area contributed by atoms with E-state index in [1.165, 1.54) is 13.1 Å². The summed E-state index contributed by atoms with van der Waals surface area (Å²) in [6.07, 6.45) is 3.41. The largest absolute Gasteiger partial charge is 0.459 e. The lowest BCUT2D eigenvalue weighted by Gasteiger charge is -2.23. The summed E-state index contributed by atoms with van der Waals surface area (Å²) in [5, 5.41) is 2.58. The maximum Gasteiger partial charge on any atom is 0.459 e. The highest BCUT2D eigenvalue weighted by atomic mass is 31.2. The average Bonchev–Trinajstić information content (AvgIpc) is 3.21. The molecule has 10 heteroatoms. The quantitative estimate of drug-likeness (QED) is 0.342. The van der Waals surface area contributed by atoms with E-state index in [1.54, 1.807) is 48.7 Å². The van der Waals surface area contributed by atoms with Gasteiger partial charge in [0.1, 0.15) is 12.0 Å².